The van der Waals surface area contributed by atoms with Crippen LogP contribution in [-0.2, 0) is 0 Å². The molecular formula is C12H15ClFN. The molecule has 1 aromatic rings. The SMILES string of the molecule is FC(CC1CCCN1)c1ccc(Cl)cc1. The van der Waals surface area contributed by atoms with E-state index in [2.05, 4.69) is 5.32 Å². The zero-order valence-corrected chi connectivity index (χ0v) is 9.30. The van der Waals surface area contributed by atoms with E-state index in [1.54, 1.807) is 24.3 Å². The lowest BCUT2D eigenvalue weighted by atomic mass is 10.0. The van der Waals surface area contributed by atoms with E-state index in [1.807, 2.05) is 0 Å². The number of nitrogens with one attached hydrogen (secondary N) is 1. The maximum atomic E-state index is 13.8. The molecule has 2 atom stereocenters. The minimum Gasteiger partial charge on any atom is -0.314 e. The van der Waals surface area contributed by atoms with Crippen LogP contribution in [0.4, 0.5) is 4.39 Å². The maximum absolute atomic E-state index is 13.8. The summed E-state index contributed by atoms with van der Waals surface area (Å²) in [6.07, 6.45) is 1.95. The zero-order chi connectivity index (χ0) is 10.7. The van der Waals surface area contributed by atoms with Crippen LogP contribution in [0.2, 0.25) is 5.02 Å². The highest BCUT2D eigenvalue weighted by Gasteiger charge is 2.20. The normalized spacial score (nSPS) is 22.9. The second-order valence-electron chi connectivity index (χ2n) is 4.05. The molecule has 1 nitrogen and oxygen atoms in total. The number of alkyl halides is 1. The van der Waals surface area contributed by atoms with Gasteiger partial charge in [0.2, 0.25) is 0 Å². The third-order valence-electron chi connectivity index (χ3n) is 2.89. The summed E-state index contributed by atoms with van der Waals surface area (Å²) in [5.41, 5.74) is 0.730. The molecule has 1 saturated heterocycles. The monoisotopic (exact) mass is 227 g/mol. The van der Waals surface area contributed by atoms with Crippen molar-refractivity contribution in [1.82, 2.24) is 5.32 Å². The molecule has 0 amide bonds. The lowest BCUT2D eigenvalue weighted by Gasteiger charge is -2.14. The van der Waals surface area contributed by atoms with Crippen LogP contribution in [0.3, 0.4) is 0 Å². The molecule has 1 fully saturated rings. The van der Waals surface area contributed by atoms with Crippen LogP contribution in [-0.4, -0.2) is 12.6 Å². The molecule has 0 saturated carbocycles. The Morgan fingerprint density at radius 2 is 2.13 bits per heavy atom. The molecule has 82 valence electrons. The van der Waals surface area contributed by atoms with Crippen molar-refractivity contribution in [3.8, 4) is 0 Å². The van der Waals surface area contributed by atoms with Crippen molar-refractivity contribution in [3.63, 3.8) is 0 Å². The van der Waals surface area contributed by atoms with E-state index in [0.29, 0.717) is 17.5 Å². The topological polar surface area (TPSA) is 12.0 Å². The summed E-state index contributed by atoms with van der Waals surface area (Å²) < 4.78 is 13.8. The summed E-state index contributed by atoms with van der Waals surface area (Å²) in [6, 6.07) is 7.36. The zero-order valence-electron chi connectivity index (χ0n) is 8.55. The summed E-state index contributed by atoms with van der Waals surface area (Å²) in [7, 11) is 0. The molecule has 0 radical (unpaired) electrons. The minimum absolute atomic E-state index is 0.343. The summed E-state index contributed by atoms with van der Waals surface area (Å²) in [4.78, 5) is 0. The van der Waals surface area contributed by atoms with Crippen molar-refractivity contribution in [3.05, 3.63) is 34.9 Å². The molecule has 2 unspecified atom stereocenters. The van der Waals surface area contributed by atoms with Crippen molar-refractivity contribution >= 4 is 11.6 Å². The van der Waals surface area contributed by atoms with Gasteiger partial charge in [-0.3, -0.25) is 0 Å². The van der Waals surface area contributed by atoms with Crippen molar-refractivity contribution in [2.24, 2.45) is 0 Å². The van der Waals surface area contributed by atoms with Crippen molar-refractivity contribution < 1.29 is 4.39 Å². The van der Waals surface area contributed by atoms with Gasteiger partial charge >= 0.3 is 0 Å². The van der Waals surface area contributed by atoms with E-state index in [1.165, 1.54) is 0 Å². The fraction of sp³-hybridized carbons (Fsp3) is 0.500. The molecule has 1 N–H and O–H groups in total. The summed E-state index contributed by atoms with van der Waals surface area (Å²) in [5.74, 6) is 0. The molecule has 0 aliphatic carbocycles. The molecule has 3 heteroatoms. The third kappa shape index (κ3) is 2.93. The van der Waals surface area contributed by atoms with Crippen LogP contribution in [0.15, 0.2) is 24.3 Å². The Morgan fingerprint density at radius 1 is 1.40 bits per heavy atom. The number of halogens is 2. The Balaban J connectivity index is 1.94. The van der Waals surface area contributed by atoms with Crippen LogP contribution < -0.4 is 5.32 Å². The fourth-order valence-corrected chi connectivity index (χ4v) is 2.14. The fourth-order valence-electron chi connectivity index (χ4n) is 2.02. The van der Waals surface area contributed by atoms with Gasteiger partial charge in [0.15, 0.2) is 0 Å². The summed E-state index contributed by atoms with van der Waals surface area (Å²) >= 11 is 5.75. The third-order valence-corrected chi connectivity index (χ3v) is 3.14. The lowest BCUT2D eigenvalue weighted by Crippen LogP contribution is -2.22. The van der Waals surface area contributed by atoms with E-state index in [4.69, 9.17) is 11.6 Å². The largest absolute Gasteiger partial charge is 0.314 e. The molecule has 2 rings (SSSR count). The Hall–Kier alpha value is -0.600. The maximum Gasteiger partial charge on any atom is 0.127 e. The number of hydrogen-bond donors (Lipinski definition) is 1. The van der Waals surface area contributed by atoms with Gasteiger partial charge in [-0.2, -0.15) is 0 Å². The standard InChI is InChI=1S/C12H15ClFN/c13-10-5-3-9(4-6-10)12(14)8-11-2-1-7-15-11/h3-6,11-12,15H,1-2,7-8H2. The van der Waals surface area contributed by atoms with Crippen LogP contribution in [0.5, 0.6) is 0 Å². The van der Waals surface area contributed by atoms with E-state index in [0.717, 1.165) is 24.9 Å². The van der Waals surface area contributed by atoms with Gasteiger partial charge in [-0.05, 0) is 43.5 Å². The second kappa shape index (κ2) is 4.95. The molecule has 1 aliphatic rings. The van der Waals surface area contributed by atoms with Crippen molar-refractivity contribution in [2.45, 2.75) is 31.5 Å². The average Bonchev–Trinajstić information content (AvgIpc) is 2.71. The van der Waals surface area contributed by atoms with Crippen molar-refractivity contribution in [1.29, 1.82) is 0 Å². The Labute approximate surface area is 94.6 Å². The predicted octanol–water partition coefficient (Wildman–Crippen LogP) is 3.49. The van der Waals surface area contributed by atoms with Gasteiger partial charge in [0, 0.05) is 11.1 Å². The van der Waals surface area contributed by atoms with Crippen LogP contribution >= 0.6 is 11.6 Å². The van der Waals surface area contributed by atoms with Crippen LogP contribution in [0.1, 0.15) is 31.0 Å². The first kappa shape index (κ1) is 10.9. The molecule has 1 heterocycles. The molecule has 1 aliphatic heterocycles. The van der Waals surface area contributed by atoms with Crippen LogP contribution in [0, 0.1) is 0 Å². The van der Waals surface area contributed by atoms with E-state index in [9.17, 15) is 4.39 Å². The Bertz CT molecular complexity index is 306. The quantitative estimate of drug-likeness (QED) is 0.834. The highest BCUT2D eigenvalue weighted by atomic mass is 35.5. The Morgan fingerprint density at radius 3 is 2.73 bits per heavy atom. The first-order chi connectivity index (χ1) is 7.25. The number of rotatable bonds is 3. The van der Waals surface area contributed by atoms with Gasteiger partial charge in [-0.15, -0.1) is 0 Å². The highest BCUT2D eigenvalue weighted by Crippen LogP contribution is 2.26. The minimum atomic E-state index is -0.877. The highest BCUT2D eigenvalue weighted by molar-refractivity contribution is 6.30. The van der Waals surface area contributed by atoms with E-state index < -0.39 is 6.17 Å². The number of hydrogen-bond acceptors (Lipinski definition) is 1. The van der Waals surface area contributed by atoms with E-state index in [-0.39, 0.29) is 0 Å². The molecule has 0 spiro atoms. The smallest absolute Gasteiger partial charge is 0.127 e. The van der Waals surface area contributed by atoms with Gasteiger partial charge in [-0.25, -0.2) is 4.39 Å². The average molecular weight is 228 g/mol. The lowest BCUT2D eigenvalue weighted by molar-refractivity contribution is 0.293. The summed E-state index contributed by atoms with van der Waals surface area (Å²) in [6.45, 7) is 1.03. The molecule has 0 aromatic heterocycles. The summed E-state index contributed by atoms with van der Waals surface area (Å²) in [5, 5.41) is 3.96. The molecule has 15 heavy (non-hydrogen) atoms. The number of benzene rings is 1. The first-order valence-corrected chi connectivity index (χ1v) is 5.76. The van der Waals surface area contributed by atoms with Gasteiger partial charge < -0.3 is 5.32 Å². The van der Waals surface area contributed by atoms with E-state index >= 15 is 0 Å². The van der Waals surface area contributed by atoms with Gasteiger partial charge in [0.25, 0.3) is 0 Å². The molecule has 1 aromatic carbocycles. The van der Waals surface area contributed by atoms with Gasteiger partial charge in [0.1, 0.15) is 6.17 Å². The Kier molecular flexibility index (Phi) is 3.60. The molecular weight excluding hydrogens is 213 g/mol. The molecule has 0 bridgehead atoms. The van der Waals surface area contributed by atoms with Crippen molar-refractivity contribution in [2.75, 3.05) is 6.54 Å². The predicted molar refractivity (Wildman–Crippen MR) is 60.9 cm³/mol. The first-order valence-electron chi connectivity index (χ1n) is 5.38. The second-order valence-corrected chi connectivity index (χ2v) is 4.48. The van der Waals surface area contributed by atoms with Crippen LogP contribution in [0.25, 0.3) is 0 Å². The van der Waals surface area contributed by atoms with Gasteiger partial charge in [-0.1, -0.05) is 23.7 Å². The van der Waals surface area contributed by atoms with Gasteiger partial charge in [0.05, 0.1) is 0 Å².